The maximum absolute atomic E-state index is 11.9. The van der Waals surface area contributed by atoms with Gasteiger partial charge in [-0.1, -0.05) is 13.8 Å². The Morgan fingerprint density at radius 3 is 2.12 bits per heavy atom. The molecule has 0 heterocycles. The Bertz CT molecular complexity index is 204. The van der Waals surface area contributed by atoms with Gasteiger partial charge in [-0.2, -0.15) is 0 Å². The SMILES string of the molecule is CC(C)C[C@H](CN)CC(=O)N(CCO)CCO. The molecular weight excluding hydrogens is 220 g/mol. The van der Waals surface area contributed by atoms with Crippen LogP contribution < -0.4 is 5.73 Å². The van der Waals surface area contributed by atoms with Crippen molar-refractivity contribution in [2.75, 3.05) is 32.8 Å². The third kappa shape index (κ3) is 7.31. The van der Waals surface area contributed by atoms with Crippen LogP contribution in [0.5, 0.6) is 0 Å². The van der Waals surface area contributed by atoms with E-state index in [-0.39, 0.29) is 38.1 Å². The third-order valence-corrected chi connectivity index (χ3v) is 2.69. The van der Waals surface area contributed by atoms with Crippen LogP contribution in [-0.2, 0) is 4.79 Å². The highest BCUT2D eigenvalue weighted by Crippen LogP contribution is 2.15. The first-order valence-corrected chi connectivity index (χ1v) is 6.24. The minimum atomic E-state index is -0.0801. The van der Waals surface area contributed by atoms with Crippen LogP contribution in [0, 0.1) is 11.8 Å². The zero-order valence-corrected chi connectivity index (χ0v) is 10.9. The van der Waals surface area contributed by atoms with Gasteiger partial charge in [-0.15, -0.1) is 0 Å². The van der Waals surface area contributed by atoms with Crippen molar-refractivity contribution in [2.24, 2.45) is 17.6 Å². The van der Waals surface area contributed by atoms with Crippen molar-refractivity contribution < 1.29 is 15.0 Å². The number of aliphatic hydroxyl groups is 2. The summed E-state index contributed by atoms with van der Waals surface area (Å²) in [7, 11) is 0. The van der Waals surface area contributed by atoms with Gasteiger partial charge in [-0.25, -0.2) is 0 Å². The number of hydrogen-bond acceptors (Lipinski definition) is 4. The van der Waals surface area contributed by atoms with Gasteiger partial charge in [0.25, 0.3) is 0 Å². The van der Waals surface area contributed by atoms with Gasteiger partial charge in [0.05, 0.1) is 13.2 Å². The largest absolute Gasteiger partial charge is 0.395 e. The van der Waals surface area contributed by atoms with E-state index in [1.807, 2.05) is 0 Å². The molecule has 0 radical (unpaired) electrons. The summed E-state index contributed by atoms with van der Waals surface area (Å²) in [5.74, 6) is 0.659. The molecule has 0 saturated heterocycles. The molecule has 0 aromatic rings. The van der Waals surface area contributed by atoms with Crippen LogP contribution in [0.1, 0.15) is 26.7 Å². The molecule has 0 unspecified atom stereocenters. The van der Waals surface area contributed by atoms with Crippen molar-refractivity contribution in [1.82, 2.24) is 4.90 Å². The van der Waals surface area contributed by atoms with Gasteiger partial charge < -0.3 is 20.8 Å². The lowest BCUT2D eigenvalue weighted by atomic mass is 9.94. The Morgan fingerprint density at radius 1 is 1.24 bits per heavy atom. The van der Waals surface area contributed by atoms with Gasteiger partial charge in [0.2, 0.25) is 5.91 Å². The summed E-state index contributed by atoms with van der Waals surface area (Å²) in [6.07, 6.45) is 1.32. The fourth-order valence-electron chi connectivity index (χ4n) is 1.91. The standard InChI is InChI=1S/C12H26N2O3/c1-10(2)7-11(9-13)8-12(17)14(3-5-15)4-6-16/h10-11,15-16H,3-9,13H2,1-2H3/t11-/m0/s1. The first-order chi connectivity index (χ1) is 8.04. The van der Waals surface area contributed by atoms with E-state index >= 15 is 0 Å². The second-order valence-electron chi connectivity index (χ2n) is 4.76. The van der Waals surface area contributed by atoms with Crippen molar-refractivity contribution in [3.8, 4) is 0 Å². The normalized spacial score (nSPS) is 12.8. The zero-order chi connectivity index (χ0) is 13.3. The summed E-state index contributed by atoms with van der Waals surface area (Å²) < 4.78 is 0. The van der Waals surface area contributed by atoms with Crippen molar-refractivity contribution in [2.45, 2.75) is 26.7 Å². The fraction of sp³-hybridized carbons (Fsp3) is 0.917. The molecule has 0 saturated carbocycles. The summed E-state index contributed by atoms with van der Waals surface area (Å²) in [5, 5.41) is 17.7. The number of aliphatic hydroxyl groups excluding tert-OH is 2. The molecule has 0 aromatic carbocycles. The molecule has 102 valence electrons. The molecule has 0 spiro atoms. The maximum atomic E-state index is 11.9. The molecule has 0 aliphatic carbocycles. The van der Waals surface area contributed by atoms with Gasteiger partial charge >= 0.3 is 0 Å². The predicted octanol–water partition coefficient (Wildman–Crippen LogP) is -0.189. The number of nitrogens with two attached hydrogens (primary N) is 1. The van der Waals surface area contributed by atoms with Gasteiger partial charge in [-0.05, 0) is 24.8 Å². The lowest BCUT2D eigenvalue weighted by Crippen LogP contribution is -2.37. The van der Waals surface area contributed by atoms with E-state index in [1.165, 1.54) is 4.90 Å². The van der Waals surface area contributed by atoms with Crippen LogP contribution in [0.3, 0.4) is 0 Å². The summed E-state index contributed by atoms with van der Waals surface area (Å²) >= 11 is 0. The molecule has 0 aliphatic heterocycles. The molecule has 0 rings (SSSR count). The molecule has 0 bridgehead atoms. The van der Waals surface area contributed by atoms with E-state index in [0.717, 1.165) is 6.42 Å². The average Bonchev–Trinajstić information content (AvgIpc) is 2.27. The Hall–Kier alpha value is -0.650. The Kier molecular flexibility index (Phi) is 9.03. The highest BCUT2D eigenvalue weighted by Gasteiger charge is 2.18. The molecule has 4 N–H and O–H groups in total. The van der Waals surface area contributed by atoms with Gasteiger partial charge in [0.1, 0.15) is 0 Å². The number of rotatable bonds is 9. The van der Waals surface area contributed by atoms with E-state index in [0.29, 0.717) is 18.9 Å². The number of nitrogens with zero attached hydrogens (tertiary/aromatic N) is 1. The van der Waals surface area contributed by atoms with E-state index < -0.39 is 0 Å². The fourth-order valence-corrected chi connectivity index (χ4v) is 1.91. The smallest absolute Gasteiger partial charge is 0.223 e. The van der Waals surface area contributed by atoms with Crippen molar-refractivity contribution >= 4 is 5.91 Å². The minimum absolute atomic E-state index is 0.0378. The summed E-state index contributed by atoms with van der Waals surface area (Å²) in [5.41, 5.74) is 5.65. The van der Waals surface area contributed by atoms with Gasteiger partial charge in [-0.3, -0.25) is 4.79 Å². The third-order valence-electron chi connectivity index (χ3n) is 2.69. The van der Waals surface area contributed by atoms with E-state index in [4.69, 9.17) is 15.9 Å². The number of carbonyl (C=O) groups is 1. The van der Waals surface area contributed by atoms with Crippen LogP contribution in [0.4, 0.5) is 0 Å². The molecule has 17 heavy (non-hydrogen) atoms. The lowest BCUT2D eigenvalue weighted by molar-refractivity contribution is -0.133. The van der Waals surface area contributed by atoms with Crippen molar-refractivity contribution in [1.29, 1.82) is 0 Å². The van der Waals surface area contributed by atoms with E-state index in [1.54, 1.807) is 0 Å². The second kappa shape index (κ2) is 9.39. The number of amides is 1. The first-order valence-electron chi connectivity index (χ1n) is 6.24. The van der Waals surface area contributed by atoms with Crippen LogP contribution in [-0.4, -0.2) is 53.9 Å². The average molecular weight is 246 g/mol. The minimum Gasteiger partial charge on any atom is -0.395 e. The summed E-state index contributed by atoms with van der Waals surface area (Å²) in [4.78, 5) is 13.4. The molecule has 5 heteroatoms. The molecule has 5 nitrogen and oxygen atoms in total. The quantitative estimate of drug-likeness (QED) is 0.526. The first kappa shape index (κ1) is 16.4. The van der Waals surface area contributed by atoms with Crippen molar-refractivity contribution in [3.05, 3.63) is 0 Å². The highest BCUT2D eigenvalue weighted by atomic mass is 16.3. The summed E-state index contributed by atoms with van der Waals surface area (Å²) in [6.45, 7) is 5.10. The second-order valence-corrected chi connectivity index (χ2v) is 4.76. The maximum Gasteiger partial charge on any atom is 0.223 e. The molecule has 1 amide bonds. The van der Waals surface area contributed by atoms with E-state index in [9.17, 15) is 4.79 Å². The van der Waals surface area contributed by atoms with Crippen molar-refractivity contribution in [3.63, 3.8) is 0 Å². The Balaban J connectivity index is 4.24. The van der Waals surface area contributed by atoms with Gasteiger partial charge in [0.15, 0.2) is 0 Å². The molecule has 0 aliphatic rings. The summed E-state index contributed by atoms with van der Waals surface area (Å²) in [6, 6.07) is 0. The van der Waals surface area contributed by atoms with Gasteiger partial charge in [0, 0.05) is 19.5 Å². The van der Waals surface area contributed by atoms with Crippen LogP contribution >= 0.6 is 0 Å². The Labute approximate surface area is 104 Å². The molecule has 0 fully saturated rings. The monoisotopic (exact) mass is 246 g/mol. The highest BCUT2D eigenvalue weighted by molar-refractivity contribution is 5.76. The van der Waals surface area contributed by atoms with Crippen LogP contribution in [0.2, 0.25) is 0 Å². The molecular formula is C12H26N2O3. The molecule has 0 aromatic heterocycles. The lowest BCUT2D eigenvalue weighted by Gasteiger charge is -2.24. The molecule has 1 atom stereocenters. The zero-order valence-electron chi connectivity index (χ0n) is 10.9. The number of hydrogen-bond donors (Lipinski definition) is 3. The predicted molar refractivity (Wildman–Crippen MR) is 67.4 cm³/mol. The topological polar surface area (TPSA) is 86.8 Å². The van der Waals surface area contributed by atoms with Crippen LogP contribution in [0.25, 0.3) is 0 Å². The Morgan fingerprint density at radius 2 is 1.76 bits per heavy atom. The van der Waals surface area contributed by atoms with E-state index in [2.05, 4.69) is 13.8 Å². The number of carbonyl (C=O) groups excluding carboxylic acids is 1. The van der Waals surface area contributed by atoms with Crippen LogP contribution in [0.15, 0.2) is 0 Å².